The standard InChI is InChI=1S/C29H33FN3O10P/c1-18(2)40-25(35)19(3)32-44(38,43-21-13-9-6-10-14-21)39-17-22-24(42-26(36)20-11-7-5-8-12-20)29(4,30)27(41-22)33-16-15-23(34)31-28(33)37/h5-16,18-19,22,24,27H,17H2,1-4H3,(H,32,38)(H,31,34,37). The van der Waals surface area contributed by atoms with Crippen molar-refractivity contribution in [2.24, 2.45) is 0 Å². The molecule has 6 atom stereocenters. The summed E-state index contributed by atoms with van der Waals surface area (Å²) in [5, 5.41) is 2.52. The Hall–Kier alpha value is -4.10. The van der Waals surface area contributed by atoms with E-state index in [9.17, 15) is 23.7 Å². The lowest BCUT2D eigenvalue weighted by molar-refractivity contribution is -0.149. The molecule has 0 radical (unpaired) electrons. The van der Waals surface area contributed by atoms with Crippen molar-refractivity contribution in [2.75, 3.05) is 6.61 Å². The van der Waals surface area contributed by atoms with Crippen LogP contribution in [0.1, 0.15) is 44.3 Å². The van der Waals surface area contributed by atoms with E-state index in [0.717, 1.165) is 23.8 Å². The minimum absolute atomic E-state index is 0.116. The van der Waals surface area contributed by atoms with Crippen molar-refractivity contribution < 1.29 is 41.8 Å². The number of aromatic amines is 1. The summed E-state index contributed by atoms with van der Waals surface area (Å²) in [6.45, 7) is 5.05. The minimum Gasteiger partial charge on any atom is -0.462 e. The number of para-hydroxylation sites is 1. The highest BCUT2D eigenvalue weighted by Gasteiger charge is 2.58. The first kappa shape index (κ1) is 32.8. The van der Waals surface area contributed by atoms with Gasteiger partial charge < -0.3 is 18.7 Å². The van der Waals surface area contributed by atoms with Gasteiger partial charge in [0.2, 0.25) is 0 Å². The van der Waals surface area contributed by atoms with Gasteiger partial charge in [0.05, 0.1) is 18.3 Å². The molecule has 2 heterocycles. The molecule has 3 aromatic rings. The van der Waals surface area contributed by atoms with E-state index in [4.69, 9.17) is 23.3 Å². The van der Waals surface area contributed by atoms with Crippen LogP contribution in [0.4, 0.5) is 4.39 Å². The number of ether oxygens (including phenoxy) is 3. The summed E-state index contributed by atoms with van der Waals surface area (Å²) in [7, 11) is -4.43. The highest BCUT2D eigenvalue weighted by Crippen LogP contribution is 2.48. The van der Waals surface area contributed by atoms with E-state index in [1.54, 1.807) is 50.2 Å². The zero-order valence-electron chi connectivity index (χ0n) is 24.4. The number of halogens is 1. The lowest BCUT2D eigenvalue weighted by atomic mass is 9.98. The summed E-state index contributed by atoms with van der Waals surface area (Å²) in [6.07, 6.45) is -4.27. The van der Waals surface area contributed by atoms with Crippen molar-refractivity contribution in [3.63, 3.8) is 0 Å². The second-order valence-corrected chi connectivity index (χ2v) is 12.1. The molecule has 1 saturated heterocycles. The largest absolute Gasteiger partial charge is 0.462 e. The molecule has 15 heteroatoms. The number of aromatic nitrogens is 2. The van der Waals surface area contributed by atoms with Crippen LogP contribution in [0.5, 0.6) is 5.75 Å². The molecule has 44 heavy (non-hydrogen) atoms. The number of nitrogens with zero attached hydrogens (tertiary/aromatic N) is 1. The Labute approximate surface area is 251 Å². The molecule has 1 aromatic heterocycles. The summed E-state index contributed by atoms with van der Waals surface area (Å²) in [5.41, 5.74) is -4.14. The SMILES string of the molecule is CC(C)OC(=O)C(C)NP(=O)(OCC1OC(n2ccc(=O)[nH]c2=O)C(C)(F)C1OC(=O)c1ccccc1)Oc1ccccc1. The van der Waals surface area contributed by atoms with Crippen molar-refractivity contribution in [1.82, 2.24) is 14.6 Å². The van der Waals surface area contributed by atoms with E-state index in [-0.39, 0.29) is 11.3 Å². The molecule has 6 unspecified atom stereocenters. The Morgan fingerprint density at radius 3 is 2.32 bits per heavy atom. The number of alkyl halides is 1. The third kappa shape index (κ3) is 7.88. The molecule has 2 aromatic carbocycles. The molecule has 1 fully saturated rings. The first-order valence-corrected chi connectivity index (χ1v) is 15.2. The van der Waals surface area contributed by atoms with Crippen molar-refractivity contribution in [1.29, 1.82) is 0 Å². The first-order chi connectivity index (χ1) is 20.8. The van der Waals surface area contributed by atoms with Crippen molar-refractivity contribution in [3.05, 3.63) is 99.3 Å². The molecule has 0 aliphatic carbocycles. The highest BCUT2D eigenvalue weighted by atomic mass is 31.2. The van der Waals surface area contributed by atoms with Gasteiger partial charge in [-0.15, -0.1) is 0 Å². The van der Waals surface area contributed by atoms with E-state index in [0.29, 0.717) is 0 Å². The molecule has 1 aliphatic rings. The van der Waals surface area contributed by atoms with E-state index < -0.39 is 73.8 Å². The summed E-state index contributed by atoms with van der Waals surface area (Å²) < 4.78 is 59.2. The predicted molar refractivity (Wildman–Crippen MR) is 155 cm³/mol. The Bertz CT molecular complexity index is 1610. The lowest BCUT2D eigenvalue weighted by Gasteiger charge is -2.28. The maximum atomic E-state index is 16.5. The lowest BCUT2D eigenvalue weighted by Crippen LogP contribution is -2.46. The van der Waals surface area contributed by atoms with E-state index >= 15 is 4.39 Å². The molecule has 0 saturated carbocycles. The van der Waals surface area contributed by atoms with Gasteiger partial charge in [-0.05, 0) is 52.0 Å². The smallest absolute Gasteiger partial charge is 0.459 e. The monoisotopic (exact) mass is 633 g/mol. The van der Waals surface area contributed by atoms with Crippen LogP contribution in [-0.2, 0) is 28.1 Å². The third-order valence-corrected chi connectivity index (χ3v) is 8.11. The van der Waals surface area contributed by atoms with Crippen LogP contribution in [0.15, 0.2) is 82.5 Å². The summed E-state index contributed by atoms with van der Waals surface area (Å²) in [5.74, 6) is -1.50. The molecule has 0 spiro atoms. The van der Waals surface area contributed by atoms with Crippen LogP contribution in [-0.4, -0.2) is 58.1 Å². The molecule has 0 amide bonds. The van der Waals surface area contributed by atoms with Crippen LogP contribution in [0, 0.1) is 0 Å². The van der Waals surface area contributed by atoms with Gasteiger partial charge in [-0.2, -0.15) is 5.09 Å². The second-order valence-electron chi connectivity index (χ2n) is 10.4. The third-order valence-electron chi connectivity index (χ3n) is 6.46. The Morgan fingerprint density at radius 1 is 1.07 bits per heavy atom. The van der Waals surface area contributed by atoms with E-state index in [1.807, 2.05) is 4.98 Å². The van der Waals surface area contributed by atoms with Gasteiger partial charge in [-0.1, -0.05) is 36.4 Å². The fraction of sp³-hybridized carbons (Fsp3) is 0.379. The number of esters is 2. The fourth-order valence-electron chi connectivity index (χ4n) is 4.40. The Morgan fingerprint density at radius 2 is 1.70 bits per heavy atom. The molecule has 1 aliphatic heterocycles. The maximum absolute atomic E-state index is 16.5. The number of hydrogen-bond acceptors (Lipinski definition) is 10. The van der Waals surface area contributed by atoms with Crippen molar-refractivity contribution >= 4 is 19.7 Å². The summed E-state index contributed by atoms with van der Waals surface area (Å²) in [6, 6.07) is 15.6. The molecule has 4 rings (SSSR count). The van der Waals surface area contributed by atoms with Gasteiger partial charge in [-0.3, -0.25) is 23.7 Å². The van der Waals surface area contributed by atoms with Crippen LogP contribution >= 0.6 is 7.75 Å². The van der Waals surface area contributed by atoms with Gasteiger partial charge in [0, 0.05) is 12.3 Å². The van der Waals surface area contributed by atoms with Crippen molar-refractivity contribution in [2.45, 2.75) is 63.9 Å². The fourth-order valence-corrected chi connectivity index (χ4v) is 5.91. The van der Waals surface area contributed by atoms with E-state index in [1.165, 1.54) is 31.2 Å². The number of carbonyl (C=O) groups is 2. The zero-order chi connectivity index (χ0) is 32.1. The number of benzene rings is 2. The summed E-state index contributed by atoms with van der Waals surface area (Å²) in [4.78, 5) is 51.7. The number of carbonyl (C=O) groups excluding carboxylic acids is 2. The molecular weight excluding hydrogens is 600 g/mol. The Balaban J connectivity index is 1.64. The first-order valence-electron chi connectivity index (χ1n) is 13.7. The number of H-pyrrole nitrogens is 1. The van der Waals surface area contributed by atoms with Gasteiger partial charge in [0.1, 0.15) is 17.9 Å². The van der Waals surface area contributed by atoms with Crippen LogP contribution in [0.3, 0.4) is 0 Å². The average Bonchev–Trinajstić information content (AvgIpc) is 3.21. The zero-order valence-corrected chi connectivity index (χ0v) is 25.3. The minimum atomic E-state index is -4.43. The normalized spacial score (nSPS) is 23.5. The topological polar surface area (TPSA) is 164 Å². The van der Waals surface area contributed by atoms with Crippen molar-refractivity contribution in [3.8, 4) is 5.75 Å². The maximum Gasteiger partial charge on any atom is 0.459 e. The van der Waals surface area contributed by atoms with Crippen LogP contribution < -0.4 is 20.9 Å². The molecule has 0 bridgehead atoms. The quantitative estimate of drug-likeness (QED) is 0.222. The van der Waals surface area contributed by atoms with Crippen LogP contribution in [0.25, 0.3) is 0 Å². The van der Waals surface area contributed by atoms with Gasteiger partial charge in [-0.25, -0.2) is 18.5 Å². The molecule has 13 nitrogen and oxygen atoms in total. The number of nitrogens with one attached hydrogen (secondary N) is 2. The second kappa shape index (κ2) is 13.7. The molecule has 2 N–H and O–H groups in total. The van der Waals surface area contributed by atoms with Crippen LogP contribution in [0.2, 0.25) is 0 Å². The highest BCUT2D eigenvalue weighted by molar-refractivity contribution is 7.52. The predicted octanol–water partition coefficient (Wildman–Crippen LogP) is 3.52. The van der Waals surface area contributed by atoms with Gasteiger partial charge in [0.25, 0.3) is 5.56 Å². The number of rotatable bonds is 12. The summed E-state index contributed by atoms with van der Waals surface area (Å²) >= 11 is 0. The molecular formula is C29H33FN3O10P. The van der Waals surface area contributed by atoms with E-state index in [2.05, 4.69) is 5.09 Å². The van der Waals surface area contributed by atoms with Gasteiger partial charge >= 0.3 is 25.4 Å². The molecule has 236 valence electrons. The Kier molecular flexibility index (Phi) is 10.2. The average molecular weight is 634 g/mol. The van der Waals surface area contributed by atoms with Gasteiger partial charge in [0.15, 0.2) is 18.0 Å². The number of hydrogen-bond donors (Lipinski definition) is 2.